The van der Waals surface area contributed by atoms with Gasteiger partial charge in [-0.1, -0.05) is 6.92 Å². The molecule has 0 spiro atoms. The molecule has 0 radical (unpaired) electrons. The van der Waals surface area contributed by atoms with E-state index >= 15 is 0 Å². The van der Waals surface area contributed by atoms with Gasteiger partial charge in [-0.3, -0.25) is 4.99 Å². The Kier molecular flexibility index (Phi) is 6.64. The van der Waals surface area contributed by atoms with Crippen molar-refractivity contribution < 1.29 is 22.0 Å². The minimum absolute atomic E-state index is 0.0835. The van der Waals surface area contributed by atoms with Crippen molar-refractivity contribution in [2.24, 2.45) is 10.7 Å². The molecule has 4 N–H and O–H groups in total. The first-order valence-electron chi connectivity index (χ1n) is 10.6. The molecule has 3 aromatic heterocycles. The smallest absolute Gasteiger partial charge is 0.404 e. The number of rotatable bonds is 6. The average molecular weight is 502 g/mol. The monoisotopic (exact) mass is 502 g/mol. The van der Waals surface area contributed by atoms with Crippen molar-refractivity contribution in [2.45, 2.75) is 25.4 Å². The van der Waals surface area contributed by atoms with Crippen LogP contribution >= 0.6 is 0 Å². The molecule has 0 saturated carbocycles. The van der Waals surface area contributed by atoms with Crippen molar-refractivity contribution in [1.29, 1.82) is 0 Å². The molecule has 0 fully saturated rings. The Bertz CT molecular complexity index is 1460. The van der Waals surface area contributed by atoms with Gasteiger partial charge in [0.15, 0.2) is 11.6 Å². The number of aromatic nitrogens is 5. The van der Waals surface area contributed by atoms with E-state index in [-0.39, 0.29) is 17.1 Å². The van der Waals surface area contributed by atoms with Gasteiger partial charge in [-0.15, -0.1) is 0 Å². The largest absolute Gasteiger partial charge is 0.451 e. The molecule has 13 heteroatoms. The van der Waals surface area contributed by atoms with E-state index < -0.39 is 29.6 Å². The molecule has 0 saturated heterocycles. The Balaban J connectivity index is 1.80. The van der Waals surface area contributed by atoms with Crippen molar-refractivity contribution in [2.75, 3.05) is 5.73 Å². The van der Waals surface area contributed by atoms with E-state index in [1.165, 1.54) is 29.3 Å². The van der Waals surface area contributed by atoms with Crippen LogP contribution in [0.15, 0.2) is 59.8 Å². The molecule has 0 aliphatic rings. The second-order valence-corrected chi connectivity index (χ2v) is 7.66. The second kappa shape index (κ2) is 9.68. The molecule has 3 heterocycles. The summed E-state index contributed by atoms with van der Waals surface area (Å²) in [6.07, 6.45) is 1.77. The zero-order valence-electron chi connectivity index (χ0n) is 18.7. The summed E-state index contributed by atoms with van der Waals surface area (Å²) in [6.45, 7) is 1.87. The van der Waals surface area contributed by atoms with E-state index in [9.17, 15) is 22.0 Å². The van der Waals surface area contributed by atoms with Gasteiger partial charge in [0.25, 0.3) is 0 Å². The highest BCUT2D eigenvalue weighted by Crippen LogP contribution is 2.36. The molecular formula is C23H19F5N8. The summed E-state index contributed by atoms with van der Waals surface area (Å²) in [4.78, 5) is 14.9. The highest BCUT2D eigenvalue weighted by Gasteiger charge is 2.34. The highest BCUT2D eigenvalue weighted by molar-refractivity contribution is 5.89. The fourth-order valence-electron chi connectivity index (χ4n) is 3.77. The molecule has 1 atom stereocenters. The van der Waals surface area contributed by atoms with Gasteiger partial charge in [0.1, 0.15) is 17.7 Å². The van der Waals surface area contributed by atoms with E-state index in [1.54, 1.807) is 6.07 Å². The van der Waals surface area contributed by atoms with Gasteiger partial charge < -0.3 is 11.5 Å². The van der Waals surface area contributed by atoms with Gasteiger partial charge in [0.05, 0.1) is 11.4 Å². The summed E-state index contributed by atoms with van der Waals surface area (Å²) in [6, 6.07) is 4.67. The zero-order chi connectivity index (χ0) is 26.0. The normalized spacial score (nSPS) is 13.6. The van der Waals surface area contributed by atoms with Crippen molar-refractivity contribution in [3.05, 3.63) is 77.9 Å². The van der Waals surface area contributed by atoms with Crippen LogP contribution in [0.2, 0.25) is 0 Å². The third-order valence-corrected chi connectivity index (χ3v) is 5.45. The quantitative estimate of drug-likeness (QED) is 0.289. The van der Waals surface area contributed by atoms with Crippen LogP contribution in [0.1, 0.15) is 30.8 Å². The maximum atomic E-state index is 14.0. The highest BCUT2D eigenvalue weighted by atomic mass is 19.4. The number of fused-ring (bicyclic) bond motifs is 1. The fourth-order valence-corrected chi connectivity index (χ4v) is 3.77. The molecular weight excluding hydrogens is 483 g/mol. The van der Waals surface area contributed by atoms with Crippen LogP contribution in [0.4, 0.5) is 33.5 Å². The minimum atomic E-state index is -4.69. The number of alkyl halides is 3. The Morgan fingerprint density at radius 1 is 1.14 bits per heavy atom. The molecule has 4 aromatic rings. The molecule has 1 unspecified atom stereocenters. The SMILES string of the molecule is CCC(C(C=Nc1ccc(F)cc1F)=CN)c1cc(-c2cnc(C(F)(F)F)nc2)c2c(N)ncnn12. The van der Waals surface area contributed by atoms with E-state index in [0.717, 1.165) is 18.5 Å². The molecule has 36 heavy (non-hydrogen) atoms. The fraction of sp³-hybridized carbons (Fsp3) is 0.174. The van der Waals surface area contributed by atoms with Crippen LogP contribution in [-0.2, 0) is 6.18 Å². The van der Waals surface area contributed by atoms with Crippen LogP contribution in [0, 0.1) is 11.6 Å². The number of hydrogen-bond donors (Lipinski definition) is 2. The maximum absolute atomic E-state index is 14.0. The molecule has 0 aliphatic carbocycles. The number of nitrogen functional groups attached to an aromatic ring is 1. The van der Waals surface area contributed by atoms with Crippen LogP contribution in [-0.4, -0.2) is 30.8 Å². The standard InChI is InChI=1S/C23H19F5N8/c1-2-15(12(7-29)8-31-18-4-3-14(24)5-17(18)25)19-6-16(20-21(30)34-11-35-36(19)20)13-9-32-22(33-10-13)23(26,27)28/h3-11,15H,2,29H2,1H3,(H2,30,34,35). The summed E-state index contributed by atoms with van der Waals surface area (Å²) in [5, 5.41) is 4.26. The van der Waals surface area contributed by atoms with Gasteiger partial charge in [-0.25, -0.2) is 28.2 Å². The number of benzene rings is 1. The predicted molar refractivity (Wildman–Crippen MR) is 123 cm³/mol. The molecule has 0 bridgehead atoms. The minimum Gasteiger partial charge on any atom is -0.404 e. The average Bonchev–Trinajstić information content (AvgIpc) is 3.23. The third-order valence-electron chi connectivity index (χ3n) is 5.45. The van der Waals surface area contributed by atoms with Crippen molar-refractivity contribution in [3.63, 3.8) is 0 Å². The molecule has 8 nitrogen and oxygen atoms in total. The number of anilines is 1. The van der Waals surface area contributed by atoms with Crippen molar-refractivity contribution in [3.8, 4) is 11.1 Å². The van der Waals surface area contributed by atoms with Crippen molar-refractivity contribution in [1.82, 2.24) is 24.6 Å². The lowest BCUT2D eigenvalue weighted by molar-refractivity contribution is -0.144. The number of aliphatic imine (C=N–C) groups is 1. The zero-order valence-corrected chi connectivity index (χ0v) is 18.7. The van der Waals surface area contributed by atoms with Crippen LogP contribution in [0.3, 0.4) is 0 Å². The Morgan fingerprint density at radius 2 is 1.86 bits per heavy atom. The van der Waals surface area contributed by atoms with Gasteiger partial charge in [0.2, 0.25) is 5.82 Å². The van der Waals surface area contributed by atoms with Gasteiger partial charge in [0, 0.05) is 41.7 Å². The van der Waals surface area contributed by atoms with E-state index in [4.69, 9.17) is 11.5 Å². The first-order valence-corrected chi connectivity index (χ1v) is 10.6. The number of halogens is 5. The number of nitrogens with two attached hydrogens (primary N) is 2. The Labute approximate surface area is 201 Å². The maximum Gasteiger partial charge on any atom is 0.451 e. The summed E-state index contributed by atoms with van der Waals surface area (Å²) in [5.41, 5.74) is 13.9. The Hall–Kier alpha value is -4.42. The second-order valence-electron chi connectivity index (χ2n) is 7.66. The molecule has 0 aliphatic heterocycles. The van der Waals surface area contributed by atoms with Gasteiger partial charge >= 0.3 is 6.18 Å². The van der Waals surface area contributed by atoms with Crippen molar-refractivity contribution >= 4 is 23.2 Å². The number of hydrogen-bond acceptors (Lipinski definition) is 7. The molecule has 4 rings (SSSR count). The lowest BCUT2D eigenvalue weighted by Gasteiger charge is -2.15. The molecule has 1 aromatic carbocycles. The van der Waals surface area contributed by atoms with E-state index in [1.807, 2.05) is 6.92 Å². The molecule has 0 amide bonds. The van der Waals surface area contributed by atoms with Crippen LogP contribution < -0.4 is 11.5 Å². The summed E-state index contributed by atoms with van der Waals surface area (Å²) in [7, 11) is 0. The topological polar surface area (TPSA) is 120 Å². The van der Waals surface area contributed by atoms with Gasteiger partial charge in [-0.05, 0) is 36.4 Å². The first-order chi connectivity index (χ1) is 17.1. The number of nitrogens with zero attached hydrogens (tertiary/aromatic N) is 6. The summed E-state index contributed by atoms with van der Waals surface area (Å²) >= 11 is 0. The van der Waals surface area contributed by atoms with Gasteiger partial charge in [-0.2, -0.15) is 18.3 Å². The third kappa shape index (κ3) is 4.72. The summed E-state index contributed by atoms with van der Waals surface area (Å²) in [5.74, 6) is -3.20. The predicted octanol–water partition coefficient (Wildman–Crippen LogP) is 4.80. The summed E-state index contributed by atoms with van der Waals surface area (Å²) < 4.78 is 67.5. The van der Waals surface area contributed by atoms with E-state index in [0.29, 0.717) is 34.8 Å². The first kappa shape index (κ1) is 24.7. The van der Waals surface area contributed by atoms with Crippen LogP contribution in [0.5, 0.6) is 0 Å². The van der Waals surface area contributed by atoms with Crippen LogP contribution in [0.25, 0.3) is 16.6 Å². The number of allylic oxidation sites excluding steroid dienone is 1. The molecule has 186 valence electrons. The Morgan fingerprint density at radius 3 is 2.47 bits per heavy atom. The lowest BCUT2D eigenvalue weighted by atomic mass is 9.93. The van der Waals surface area contributed by atoms with E-state index in [2.05, 4.69) is 25.0 Å². The lowest BCUT2D eigenvalue weighted by Crippen LogP contribution is -2.10.